The first kappa shape index (κ1) is 20.5. The van der Waals surface area contributed by atoms with Crippen molar-refractivity contribution in [1.29, 1.82) is 0 Å². The molecule has 6 heteroatoms. The van der Waals surface area contributed by atoms with Crippen LogP contribution in [0, 0.1) is 0 Å². The predicted octanol–water partition coefficient (Wildman–Crippen LogP) is 5.67. The van der Waals surface area contributed by atoms with E-state index in [-0.39, 0.29) is 6.04 Å². The first-order chi connectivity index (χ1) is 15.7. The van der Waals surface area contributed by atoms with Crippen LogP contribution in [0.3, 0.4) is 0 Å². The lowest BCUT2D eigenvalue weighted by Crippen LogP contribution is -2.21. The van der Waals surface area contributed by atoms with E-state index in [1.807, 2.05) is 28.6 Å². The molecular weight excluding hydrogens is 416 g/mol. The van der Waals surface area contributed by atoms with Crippen molar-refractivity contribution >= 4 is 23.8 Å². The summed E-state index contributed by atoms with van der Waals surface area (Å²) in [6, 6.07) is 11.0. The number of rotatable bonds is 7. The van der Waals surface area contributed by atoms with Crippen molar-refractivity contribution in [3.8, 4) is 21.7 Å². The molecule has 1 aliphatic heterocycles. The molecule has 3 heterocycles. The lowest BCUT2D eigenvalue weighted by Gasteiger charge is -2.17. The smallest absolute Gasteiger partial charge is 0.210 e. The minimum atomic E-state index is 0.0676. The van der Waals surface area contributed by atoms with Gasteiger partial charge in [-0.1, -0.05) is 30.8 Å². The van der Waals surface area contributed by atoms with Crippen LogP contribution in [0.15, 0.2) is 66.7 Å². The van der Waals surface area contributed by atoms with Crippen LogP contribution < -0.4 is 5.32 Å². The Morgan fingerprint density at radius 2 is 2.12 bits per heavy atom. The molecule has 5 rings (SSSR count). The number of H-pyrrole nitrogens is 1. The highest BCUT2D eigenvalue weighted by Gasteiger charge is 2.27. The third kappa shape index (κ3) is 3.82. The van der Waals surface area contributed by atoms with E-state index in [1.165, 1.54) is 32.0 Å². The number of thiophene rings is 1. The van der Waals surface area contributed by atoms with Gasteiger partial charge >= 0.3 is 0 Å². The number of nitrogens with zero attached hydrogens (tertiary/aromatic N) is 2. The predicted molar refractivity (Wildman–Crippen MR) is 131 cm³/mol. The molecule has 1 fully saturated rings. The van der Waals surface area contributed by atoms with Crippen LogP contribution in [0.2, 0.25) is 0 Å². The van der Waals surface area contributed by atoms with E-state index in [0.29, 0.717) is 0 Å². The quantitative estimate of drug-likeness (QED) is 0.463. The molecular formula is C26H26N4OS. The summed E-state index contributed by atoms with van der Waals surface area (Å²) in [7, 11) is 0. The lowest BCUT2D eigenvalue weighted by molar-refractivity contribution is -0.119. The Kier molecular flexibility index (Phi) is 5.53. The fourth-order valence-corrected chi connectivity index (χ4v) is 5.61. The number of carbonyl (C=O) groups is 1. The van der Waals surface area contributed by atoms with Gasteiger partial charge in [-0.3, -0.25) is 4.79 Å². The highest BCUT2D eigenvalue weighted by molar-refractivity contribution is 7.16. The molecule has 2 aliphatic rings. The molecule has 1 aromatic carbocycles. The zero-order valence-electron chi connectivity index (χ0n) is 18.1. The monoisotopic (exact) mass is 442 g/mol. The summed E-state index contributed by atoms with van der Waals surface area (Å²) in [6.07, 6.45) is 11.8. The number of amides is 1. The number of aromatic amines is 1. The summed E-state index contributed by atoms with van der Waals surface area (Å²) >= 11 is 1.84. The largest absolute Gasteiger partial charge is 0.368 e. The minimum Gasteiger partial charge on any atom is -0.368 e. The second kappa shape index (κ2) is 8.63. The van der Waals surface area contributed by atoms with Crippen molar-refractivity contribution in [2.45, 2.75) is 32.2 Å². The van der Waals surface area contributed by atoms with Crippen molar-refractivity contribution in [3.63, 3.8) is 0 Å². The molecule has 5 nitrogen and oxygen atoms in total. The van der Waals surface area contributed by atoms with Crippen molar-refractivity contribution in [2.75, 3.05) is 6.54 Å². The SMILES string of the molecule is C=CN/C=C(\C)C1=Cc2sc(-c3ccc(-c4c[nH]c(C5CCCN5C=O)n4)cc3)cc2C1. The number of hydrogen-bond donors (Lipinski definition) is 2. The fraction of sp³-hybridized carbons (Fsp3) is 0.231. The Morgan fingerprint density at radius 3 is 2.88 bits per heavy atom. The summed E-state index contributed by atoms with van der Waals surface area (Å²) in [5, 5.41) is 3.06. The molecule has 0 spiro atoms. The highest BCUT2D eigenvalue weighted by atomic mass is 32.1. The van der Waals surface area contributed by atoms with E-state index in [4.69, 9.17) is 4.98 Å². The number of benzene rings is 1. The van der Waals surface area contributed by atoms with Gasteiger partial charge in [-0.05, 0) is 66.8 Å². The highest BCUT2D eigenvalue weighted by Crippen LogP contribution is 2.40. The van der Waals surface area contributed by atoms with E-state index >= 15 is 0 Å². The van der Waals surface area contributed by atoms with Gasteiger partial charge in [-0.25, -0.2) is 4.98 Å². The second-order valence-electron chi connectivity index (χ2n) is 8.29. The number of aromatic nitrogens is 2. The summed E-state index contributed by atoms with van der Waals surface area (Å²) < 4.78 is 0. The van der Waals surface area contributed by atoms with Crippen LogP contribution in [0.25, 0.3) is 27.8 Å². The number of allylic oxidation sites excluding steroid dienone is 2. The Bertz CT molecular complexity index is 1210. The Morgan fingerprint density at radius 1 is 1.31 bits per heavy atom. The zero-order chi connectivity index (χ0) is 22.1. The van der Waals surface area contributed by atoms with Crippen molar-refractivity contribution in [2.24, 2.45) is 0 Å². The fourth-order valence-electron chi connectivity index (χ4n) is 4.46. The second-order valence-corrected chi connectivity index (χ2v) is 9.38. The average Bonchev–Trinajstić information content (AvgIpc) is 3.59. The molecule has 1 atom stereocenters. The number of hydrogen-bond acceptors (Lipinski definition) is 4. The first-order valence-corrected chi connectivity index (χ1v) is 11.7. The Balaban J connectivity index is 1.32. The molecule has 1 saturated heterocycles. The maximum absolute atomic E-state index is 11.3. The van der Waals surface area contributed by atoms with Gasteiger partial charge in [0.15, 0.2) is 0 Å². The molecule has 162 valence electrons. The third-order valence-corrected chi connectivity index (χ3v) is 7.43. The molecule has 2 aromatic heterocycles. The van der Waals surface area contributed by atoms with Crippen LogP contribution in [-0.4, -0.2) is 27.8 Å². The maximum Gasteiger partial charge on any atom is 0.210 e. The number of imidazole rings is 1. The lowest BCUT2D eigenvalue weighted by atomic mass is 10.1. The summed E-state index contributed by atoms with van der Waals surface area (Å²) in [5.41, 5.74) is 7.21. The summed E-state index contributed by atoms with van der Waals surface area (Å²) in [4.78, 5) is 23.8. The van der Waals surface area contributed by atoms with Gasteiger partial charge in [0.25, 0.3) is 0 Å². The van der Waals surface area contributed by atoms with Crippen molar-refractivity contribution < 1.29 is 4.79 Å². The molecule has 0 radical (unpaired) electrons. The van der Waals surface area contributed by atoms with Gasteiger partial charge < -0.3 is 15.2 Å². The van der Waals surface area contributed by atoms with E-state index < -0.39 is 0 Å². The molecule has 0 saturated carbocycles. The zero-order valence-corrected chi connectivity index (χ0v) is 18.9. The first-order valence-electron chi connectivity index (χ1n) is 10.9. The van der Waals surface area contributed by atoms with Gasteiger partial charge in [-0.2, -0.15) is 0 Å². The third-order valence-electron chi connectivity index (χ3n) is 6.26. The molecule has 2 N–H and O–H groups in total. The molecule has 1 unspecified atom stereocenters. The van der Waals surface area contributed by atoms with Crippen LogP contribution in [0.4, 0.5) is 0 Å². The Labute approximate surface area is 192 Å². The number of likely N-dealkylation sites (tertiary alicyclic amines) is 1. The van der Waals surface area contributed by atoms with E-state index in [9.17, 15) is 4.79 Å². The van der Waals surface area contributed by atoms with E-state index in [0.717, 1.165) is 49.3 Å². The van der Waals surface area contributed by atoms with Crippen LogP contribution in [-0.2, 0) is 11.2 Å². The molecule has 32 heavy (non-hydrogen) atoms. The number of nitrogens with one attached hydrogen (secondary N) is 2. The van der Waals surface area contributed by atoms with Crippen molar-refractivity contribution in [3.05, 3.63) is 82.9 Å². The Hall–Kier alpha value is -3.38. The van der Waals surface area contributed by atoms with Crippen LogP contribution in [0.1, 0.15) is 42.1 Å². The standard InChI is InChI=1S/C26H26N4OS/c1-3-27-14-17(2)20-11-21-13-24(32-25(21)12-20)19-8-6-18(7-9-19)22-15-28-26(29-22)23-5-4-10-30(23)16-31/h3,6-9,12-16,23,27H,1,4-5,10-11H2,2H3,(H,28,29)/b17-14+. The van der Waals surface area contributed by atoms with E-state index in [1.54, 1.807) is 6.20 Å². The molecule has 1 amide bonds. The van der Waals surface area contributed by atoms with Gasteiger partial charge in [0.1, 0.15) is 5.82 Å². The topological polar surface area (TPSA) is 61.0 Å². The minimum absolute atomic E-state index is 0.0676. The molecule has 0 bridgehead atoms. The van der Waals surface area contributed by atoms with Gasteiger partial charge in [0.05, 0.1) is 11.7 Å². The average molecular weight is 443 g/mol. The van der Waals surface area contributed by atoms with Crippen LogP contribution in [0.5, 0.6) is 0 Å². The summed E-state index contributed by atoms with van der Waals surface area (Å²) in [6.45, 7) is 6.63. The summed E-state index contributed by atoms with van der Waals surface area (Å²) in [5.74, 6) is 0.874. The number of carbonyl (C=O) groups excluding carboxylic acids is 1. The normalized spacial score (nSPS) is 17.9. The maximum atomic E-state index is 11.3. The van der Waals surface area contributed by atoms with E-state index in [2.05, 4.69) is 60.2 Å². The van der Waals surface area contributed by atoms with Gasteiger partial charge in [-0.15, -0.1) is 11.3 Å². The number of fused-ring (bicyclic) bond motifs is 1. The van der Waals surface area contributed by atoms with Crippen molar-refractivity contribution in [1.82, 2.24) is 20.2 Å². The van der Waals surface area contributed by atoms with Crippen LogP contribution >= 0.6 is 11.3 Å². The van der Waals surface area contributed by atoms with Gasteiger partial charge in [0, 0.05) is 34.3 Å². The molecule has 1 aliphatic carbocycles. The van der Waals surface area contributed by atoms with Gasteiger partial charge in [0.2, 0.25) is 6.41 Å². The molecule has 3 aromatic rings.